The van der Waals surface area contributed by atoms with Crippen molar-refractivity contribution in [1.29, 1.82) is 0 Å². The fourth-order valence-electron chi connectivity index (χ4n) is 1.49. The van der Waals surface area contributed by atoms with Gasteiger partial charge in [0.15, 0.2) is 5.69 Å². The molecule has 21 heavy (non-hydrogen) atoms. The third kappa shape index (κ3) is 4.76. The standard InChI is InChI=1S/C13H13N3O3S2/c1-8-15-9(6-20-8)2-3-11(17)14-5-4-12-16-10(7-21-12)13(18)19/h2-3,6-7H,4-5H2,1H3,(H,14,17)(H,18,19). The Morgan fingerprint density at radius 3 is 2.76 bits per heavy atom. The molecule has 0 saturated heterocycles. The van der Waals surface area contributed by atoms with Crippen molar-refractivity contribution in [3.05, 3.63) is 38.2 Å². The van der Waals surface area contributed by atoms with Gasteiger partial charge >= 0.3 is 5.97 Å². The smallest absolute Gasteiger partial charge is 0.355 e. The molecule has 0 aliphatic carbocycles. The molecular weight excluding hydrogens is 310 g/mol. The van der Waals surface area contributed by atoms with Crippen LogP contribution in [-0.4, -0.2) is 33.5 Å². The third-order valence-corrected chi connectivity index (χ3v) is 4.15. The molecule has 0 aliphatic heterocycles. The topological polar surface area (TPSA) is 92.2 Å². The summed E-state index contributed by atoms with van der Waals surface area (Å²) in [6, 6.07) is 0. The quantitative estimate of drug-likeness (QED) is 0.793. The van der Waals surface area contributed by atoms with E-state index < -0.39 is 5.97 Å². The average Bonchev–Trinajstić information content (AvgIpc) is 3.05. The van der Waals surface area contributed by atoms with Gasteiger partial charge in [0.05, 0.1) is 15.7 Å². The van der Waals surface area contributed by atoms with E-state index in [4.69, 9.17) is 5.11 Å². The Balaban J connectivity index is 1.76. The van der Waals surface area contributed by atoms with Crippen LogP contribution in [0, 0.1) is 6.92 Å². The van der Waals surface area contributed by atoms with Gasteiger partial charge in [-0.05, 0) is 13.0 Å². The zero-order chi connectivity index (χ0) is 15.2. The van der Waals surface area contributed by atoms with Gasteiger partial charge in [-0.25, -0.2) is 14.8 Å². The molecular formula is C13H13N3O3S2. The molecule has 0 unspecified atom stereocenters. The lowest BCUT2D eigenvalue weighted by atomic mass is 10.4. The van der Waals surface area contributed by atoms with E-state index in [1.165, 1.54) is 34.1 Å². The summed E-state index contributed by atoms with van der Waals surface area (Å²) in [6.45, 7) is 2.31. The first-order valence-electron chi connectivity index (χ1n) is 6.10. The summed E-state index contributed by atoms with van der Waals surface area (Å²) in [7, 11) is 0. The molecule has 110 valence electrons. The molecule has 2 aromatic rings. The summed E-state index contributed by atoms with van der Waals surface area (Å²) in [5.74, 6) is -1.25. The number of nitrogens with one attached hydrogen (secondary N) is 1. The van der Waals surface area contributed by atoms with Crippen molar-refractivity contribution < 1.29 is 14.7 Å². The van der Waals surface area contributed by atoms with Crippen LogP contribution in [0.3, 0.4) is 0 Å². The lowest BCUT2D eigenvalue weighted by molar-refractivity contribution is -0.116. The largest absolute Gasteiger partial charge is 0.476 e. The fraction of sp³-hybridized carbons (Fsp3) is 0.231. The molecule has 0 aromatic carbocycles. The molecule has 1 amide bonds. The Hall–Kier alpha value is -2.06. The molecule has 6 nitrogen and oxygen atoms in total. The van der Waals surface area contributed by atoms with Gasteiger partial charge in [-0.2, -0.15) is 0 Å². The number of nitrogens with zero attached hydrogens (tertiary/aromatic N) is 2. The zero-order valence-corrected chi connectivity index (χ0v) is 12.8. The fourth-order valence-corrected chi connectivity index (χ4v) is 2.85. The number of carbonyl (C=O) groups is 2. The van der Waals surface area contributed by atoms with Crippen molar-refractivity contribution in [1.82, 2.24) is 15.3 Å². The maximum Gasteiger partial charge on any atom is 0.355 e. The summed E-state index contributed by atoms with van der Waals surface area (Å²) in [5.41, 5.74) is 0.804. The van der Waals surface area contributed by atoms with E-state index in [2.05, 4.69) is 15.3 Å². The number of amides is 1. The highest BCUT2D eigenvalue weighted by atomic mass is 32.1. The van der Waals surface area contributed by atoms with Crippen molar-refractivity contribution in [2.24, 2.45) is 0 Å². The van der Waals surface area contributed by atoms with Crippen LogP contribution in [0.1, 0.15) is 26.2 Å². The van der Waals surface area contributed by atoms with E-state index in [0.717, 1.165) is 10.7 Å². The Bertz CT molecular complexity index is 676. The first-order chi connectivity index (χ1) is 10.0. The SMILES string of the molecule is Cc1nc(C=CC(=O)NCCc2nc(C(=O)O)cs2)cs1. The van der Waals surface area contributed by atoms with Gasteiger partial charge in [-0.3, -0.25) is 4.79 Å². The number of carbonyl (C=O) groups excluding carboxylic acids is 1. The van der Waals surface area contributed by atoms with Crippen LogP contribution < -0.4 is 5.32 Å². The predicted octanol–water partition coefficient (Wildman–Crippen LogP) is 1.98. The summed E-state index contributed by atoms with van der Waals surface area (Å²) >= 11 is 2.80. The highest BCUT2D eigenvalue weighted by molar-refractivity contribution is 7.10. The minimum Gasteiger partial charge on any atom is -0.476 e. The number of aryl methyl sites for hydroxylation is 1. The van der Waals surface area contributed by atoms with E-state index in [-0.39, 0.29) is 11.6 Å². The normalized spacial score (nSPS) is 10.9. The maximum atomic E-state index is 11.6. The lowest BCUT2D eigenvalue weighted by Crippen LogP contribution is -2.23. The van der Waals surface area contributed by atoms with Gasteiger partial charge in [0.1, 0.15) is 0 Å². The number of rotatable bonds is 6. The molecule has 0 atom stereocenters. The molecule has 0 saturated carbocycles. The van der Waals surface area contributed by atoms with Crippen molar-refractivity contribution in [3.8, 4) is 0 Å². The number of hydrogen-bond donors (Lipinski definition) is 2. The van der Waals surface area contributed by atoms with Crippen LogP contribution in [0.25, 0.3) is 6.08 Å². The number of carboxylic acids is 1. The highest BCUT2D eigenvalue weighted by Crippen LogP contribution is 2.10. The van der Waals surface area contributed by atoms with Crippen molar-refractivity contribution >= 4 is 40.6 Å². The van der Waals surface area contributed by atoms with Crippen LogP contribution in [-0.2, 0) is 11.2 Å². The first kappa shape index (κ1) is 15.3. The van der Waals surface area contributed by atoms with E-state index in [1.807, 2.05) is 12.3 Å². The summed E-state index contributed by atoms with van der Waals surface area (Å²) in [5, 5.41) is 16.5. The minimum atomic E-state index is -1.04. The second kappa shape index (κ2) is 7.09. The second-order valence-electron chi connectivity index (χ2n) is 4.10. The Kier molecular flexibility index (Phi) is 5.18. The van der Waals surface area contributed by atoms with E-state index >= 15 is 0 Å². The molecule has 2 heterocycles. The van der Waals surface area contributed by atoms with Crippen LogP contribution in [0.15, 0.2) is 16.8 Å². The minimum absolute atomic E-state index is 0.0418. The van der Waals surface area contributed by atoms with Gasteiger partial charge < -0.3 is 10.4 Å². The summed E-state index contributed by atoms with van der Waals surface area (Å²) < 4.78 is 0. The molecule has 0 radical (unpaired) electrons. The maximum absolute atomic E-state index is 11.6. The average molecular weight is 323 g/mol. The van der Waals surface area contributed by atoms with Crippen molar-refractivity contribution in [2.45, 2.75) is 13.3 Å². The number of thiazole rings is 2. The number of hydrogen-bond acceptors (Lipinski definition) is 6. The van der Waals surface area contributed by atoms with E-state index in [1.54, 1.807) is 6.08 Å². The van der Waals surface area contributed by atoms with Crippen LogP contribution in [0.2, 0.25) is 0 Å². The molecule has 0 spiro atoms. The predicted molar refractivity (Wildman–Crippen MR) is 81.7 cm³/mol. The van der Waals surface area contributed by atoms with Gasteiger partial charge in [-0.15, -0.1) is 22.7 Å². The van der Waals surface area contributed by atoms with Gasteiger partial charge in [0.2, 0.25) is 5.91 Å². The Morgan fingerprint density at radius 2 is 2.14 bits per heavy atom. The van der Waals surface area contributed by atoms with Crippen LogP contribution in [0.5, 0.6) is 0 Å². The van der Waals surface area contributed by atoms with Crippen LogP contribution >= 0.6 is 22.7 Å². The summed E-state index contributed by atoms with van der Waals surface area (Å²) in [4.78, 5) is 30.4. The highest BCUT2D eigenvalue weighted by Gasteiger charge is 2.08. The van der Waals surface area contributed by atoms with Crippen molar-refractivity contribution in [3.63, 3.8) is 0 Å². The van der Waals surface area contributed by atoms with Crippen molar-refractivity contribution in [2.75, 3.05) is 6.54 Å². The first-order valence-corrected chi connectivity index (χ1v) is 7.86. The molecule has 0 fully saturated rings. The van der Waals surface area contributed by atoms with Gasteiger partial charge in [0, 0.05) is 29.8 Å². The lowest BCUT2D eigenvalue weighted by Gasteiger charge is -1.99. The molecule has 2 aromatic heterocycles. The number of aromatic carboxylic acids is 1. The number of aromatic nitrogens is 2. The molecule has 0 bridgehead atoms. The van der Waals surface area contributed by atoms with Gasteiger partial charge in [-0.1, -0.05) is 0 Å². The number of carboxylic acid groups (broad SMARTS) is 1. The Labute approximate surface area is 129 Å². The van der Waals surface area contributed by atoms with Gasteiger partial charge in [0.25, 0.3) is 0 Å². The monoisotopic (exact) mass is 323 g/mol. The van der Waals surface area contributed by atoms with E-state index in [0.29, 0.717) is 18.0 Å². The third-order valence-electron chi connectivity index (χ3n) is 2.45. The molecule has 0 aliphatic rings. The molecule has 2 N–H and O–H groups in total. The Morgan fingerprint density at radius 1 is 1.33 bits per heavy atom. The molecule has 2 rings (SSSR count). The van der Waals surface area contributed by atoms with E-state index in [9.17, 15) is 9.59 Å². The summed E-state index contributed by atoms with van der Waals surface area (Å²) in [6.07, 6.45) is 3.59. The zero-order valence-electron chi connectivity index (χ0n) is 11.2. The molecule has 8 heteroatoms. The second-order valence-corrected chi connectivity index (χ2v) is 6.10. The van der Waals surface area contributed by atoms with Crippen LogP contribution in [0.4, 0.5) is 0 Å².